The summed E-state index contributed by atoms with van der Waals surface area (Å²) >= 11 is 0. The summed E-state index contributed by atoms with van der Waals surface area (Å²) in [7, 11) is -1.35. The Morgan fingerprint density at radius 1 is 0.917 bits per heavy atom. The minimum Gasteiger partial charge on any atom is -0.550 e. The molecule has 0 N–H and O–H groups in total. The zero-order valence-corrected chi connectivity index (χ0v) is 16.7. The number of hydrogen-bond acceptors (Lipinski definition) is 2. The Kier molecular flexibility index (Phi) is 10.3. The van der Waals surface area contributed by atoms with Crippen LogP contribution >= 0.6 is 7.26 Å². The third-order valence-corrected chi connectivity index (χ3v) is 10.5. The second kappa shape index (κ2) is 11.6. The van der Waals surface area contributed by atoms with E-state index in [9.17, 15) is 9.90 Å². The molecule has 0 amide bonds. The number of carbonyl (C=O) groups is 1. The average molecular weight is 350 g/mol. The van der Waals surface area contributed by atoms with E-state index < -0.39 is 13.2 Å². The van der Waals surface area contributed by atoms with Crippen molar-refractivity contribution < 1.29 is 9.90 Å². The van der Waals surface area contributed by atoms with Gasteiger partial charge in [0.15, 0.2) is 0 Å². The van der Waals surface area contributed by atoms with Gasteiger partial charge in [0.25, 0.3) is 0 Å². The zero-order valence-electron chi connectivity index (χ0n) is 15.8. The van der Waals surface area contributed by atoms with Gasteiger partial charge >= 0.3 is 0 Å². The molecule has 1 aromatic rings. The van der Waals surface area contributed by atoms with Crippen LogP contribution < -0.4 is 5.11 Å². The van der Waals surface area contributed by atoms with Crippen molar-refractivity contribution in [3.63, 3.8) is 0 Å². The molecule has 0 aliphatic carbocycles. The molecule has 0 saturated carbocycles. The maximum Gasteiger partial charge on any atom is 0.0997 e. The van der Waals surface area contributed by atoms with Crippen molar-refractivity contribution in [3.05, 3.63) is 35.9 Å². The molecule has 136 valence electrons. The van der Waals surface area contributed by atoms with Crippen molar-refractivity contribution in [3.8, 4) is 0 Å². The first kappa shape index (κ1) is 21.2. The van der Waals surface area contributed by atoms with Gasteiger partial charge in [-0.1, -0.05) is 70.4 Å². The summed E-state index contributed by atoms with van der Waals surface area (Å²) in [6, 6.07) is 10.4. The molecule has 1 rings (SSSR count). The van der Waals surface area contributed by atoms with E-state index in [4.69, 9.17) is 0 Å². The summed E-state index contributed by atoms with van der Waals surface area (Å²) in [5.74, 6) is -0.891. The maximum atomic E-state index is 11.6. The first-order chi connectivity index (χ1) is 11.6. The van der Waals surface area contributed by atoms with Crippen LogP contribution in [0.15, 0.2) is 30.3 Å². The number of carbonyl (C=O) groups excluding carboxylic acids is 1. The van der Waals surface area contributed by atoms with E-state index in [2.05, 4.69) is 32.9 Å². The molecule has 1 unspecified atom stereocenters. The maximum absolute atomic E-state index is 11.6. The molecular weight excluding hydrogens is 315 g/mol. The van der Waals surface area contributed by atoms with E-state index >= 15 is 0 Å². The van der Waals surface area contributed by atoms with E-state index in [1.165, 1.54) is 62.6 Å². The minimum absolute atomic E-state index is 0.174. The molecule has 0 radical (unpaired) electrons. The number of rotatable bonds is 13. The summed E-state index contributed by atoms with van der Waals surface area (Å²) in [5.41, 5.74) is 1.40. The van der Waals surface area contributed by atoms with Gasteiger partial charge in [-0.2, -0.15) is 0 Å². The Hall–Kier alpha value is -0.880. The first-order valence-corrected chi connectivity index (χ1v) is 12.1. The van der Waals surface area contributed by atoms with Crippen LogP contribution in [0.2, 0.25) is 0 Å². The second-order valence-electron chi connectivity index (χ2n) is 6.95. The SMILES string of the molecule is CCCC[P+](CCCC)(CCCC)C(CC(=O)[O-])c1ccccc1. The van der Waals surface area contributed by atoms with Crippen molar-refractivity contribution in [2.24, 2.45) is 0 Å². The predicted octanol–water partition coefficient (Wildman–Crippen LogP) is 5.29. The highest BCUT2D eigenvalue weighted by Gasteiger charge is 2.44. The number of carboxylic acids is 1. The number of carboxylic acid groups (broad SMARTS) is 1. The molecule has 2 nitrogen and oxygen atoms in total. The lowest BCUT2D eigenvalue weighted by molar-refractivity contribution is -0.305. The second-order valence-corrected chi connectivity index (χ2v) is 11.4. The van der Waals surface area contributed by atoms with Crippen molar-refractivity contribution >= 4 is 13.2 Å². The van der Waals surface area contributed by atoms with Gasteiger partial charge in [0, 0.05) is 19.7 Å². The van der Waals surface area contributed by atoms with Crippen LogP contribution in [-0.2, 0) is 4.79 Å². The van der Waals surface area contributed by atoms with Gasteiger partial charge in [0.1, 0.15) is 0 Å². The monoisotopic (exact) mass is 350 g/mol. The molecule has 24 heavy (non-hydrogen) atoms. The van der Waals surface area contributed by atoms with Crippen LogP contribution in [-0.4, -0.2) is 24.5 Å². The molecule has 1 atom stereocenters. The fourth-order valence-corrected chi connectivity index (χ4v) is 9.47. The summed E-state index contributed by atoms with van der Waals surface area (Å²) in [6.07, 6.45) is 11.1. The molecule has 0 fully saturated rings. The number of hydrogen-bond donors (Lipinski definition) is 0. The van der Waals surface area contributed by atoms with Gasteiger partial charge in [0.05, 0.1) is 24.1 Å². The van der Waals surface area contributed by atoms with Crippen LogP contribution in [0.4, 0.5) is 0 Å². The molecule has 1 aromatic carbocycles. The molecule has 0 aliphatic rings. The van der Waals surface area contributed by atoms with Gasteiger partial charge in [0.2, 0.25) is 0 Å². The van der Waals surface area contributed by atoms with Gasteiger partial charge < -0.3 is 9.90 Å². The van der Waals surface area contributed by atoms with Crippen LogP contribution in [0.25, 0.3) is 0 Å². The molecule has 0 saturated heterocycles. The first-order valence-electron chi connectivity index (χ1n) is 9.70. The van der Waals surface area contributed by atoms with Crippen molar-refractivity contribution in [2.45, 2.75) is 71.4 Å². The van der Waals surface area contributed by atoms with E-state index in [0.717, 1.165) is 0 Å². The highest BCUT2D eigenvalue weighted by atomic mass is 31.2. The van der Waals surface area contributed by atoms with Gasteiger partial charge in [-0.3, -0.25) is 0 Å². The third-order valence-electron chi connectivity index (χ3n) is 5.08. The normalized spacial score (nSPS) is 13.0. The predicted molar refractivity (Wildman–Crippen MR) is 105 cm³/mol. The fraction of sp³-hybridized carbons (Fsp3) is 0.667. The highest BCUT2D eigenvalue weighted by molar-refractivity contribution is 7.76. The number of aliphatic carboxylic acids is 1. The Labute approximate surface area is 149 Å². The standard InChI is InChI=1S/C21H35O2P/c1-4-7-15-24(16-8-5-2,17-9-6-3)20(18-21(22)23)19-13-11-10-12-14-19/h10-14,20H,4-9,15-18H2,1-3H3. The lowest BCUT2D eigenvalue weighted by atomic mass is 10.1. The molecule has 0 spiro atoms. The Morgan fingerprint density at radius 2 is 1.38 bits per heavy atom. The van der Waals surface area contributed by atoms with Gasteiger partial charge in [-0.15, -0.1) is 0 Å². The topological polar surface area (TPSA) is 40.1 Å². The Morgan fingerprint density at radius 3 is 1.75 bits per heavy atom. The third kappa shape index (κ3) is 6.55. The quantitative estimate of drug-likeness (QED) is 0.454. The van der Waals surface area contributed by atoms with E-state index in [-0.39, 0.29) is 12.1 Å². The lowest BCUT2D eigenvalue weighted by Gasteiger charge is -2.36. The van der Waals surface area contributed by atoms with Crippen LogP contribution in [0.1, 0.15) is 76.9 Å². The lowest BCUT2D eigenvalue weighted by Crippen LogP contribution is -2.27. The van der Waals surface area contributed by atoms with E-state index in [1.807, 2.05) is 18.2 Å². The molecule has 0 heterocycles. The molecule has 0 aliphatic heterocycles. The summed E-state index contributed by atoms with van der Waals surface area (Å²) in [6.45, 7) is 6.72. The molecule has 3 heteroatoms. The summed E-state index contributed by atoms with van der Waals surface area (Å²) in [5, 5.41) is 11.6. The average Bonchev–Trinajstić information content (AvgIpc) is 2.60. The van der Waals surface area contributed by atoms with Crippen molar-refractivity contribution in [1.29, 1.82) is 0 Å². The zero-order chi connectivity index (χ0) is 17.8. The van der Waals surface area contributed by atoms with Crippen LogP contribution in [0.5, 0.6) is 0 Å². The van der Waals surface area contributed by atoms with E-state index in [1.54, 1.807) is 0 Å². The molecule has 0 aromatic heterocycles. The van der Waals surface area contributed by atoms with Crippen molar-refractivity contribution in [2.75, 3.05) is 18.5 Å². The molecule has 0 bridgehead atoms. The Balaban J connectivity index is 3.25. The molecular formula is C21H35O2P. The van der Waals surface area contributed by atoms with Gasteiger partial charge in [-0.05, 0) is 24.8 Å². The smallest absolute Gasteiger partial charge is 0.0997 e. The minimum atomic E-state index is -1.35. The summed E-state index contributed by atoms with van der Waals surface area (Å²) < 4.78 is 0. The summed E-state index contributed by atoms with van der Waals surface area (Å²) in [4.78, 5) is 11.6. The largest absolute Gasteiger partial charge is 0.550 e. The number of benzene rings is 1. The van der Waals surface area contributed by atoms with Crippen LogP contribution in [0.3, 0.4) is 0 Å². The fourth-order valence-electron chi connectivity index (χ4n) is 3.68. The van der Waals surface area contributed by atoms with Crippen LogP contribution in [0, 0.1) is 0 Å². The number of unbranched alkanes of at least 4 members (excludes halogenated alkanes) is 3. The van der Waals surface area contributed by atoms with E-state index in [0.29, 0.717) is 0 Å². The van der Waals surface area contributed by atoms with Gasteiger partial charge in [-0.25, -0.2) is 0 Å². The highest BCUT2D eigenvalue weighted by Crippen LogP contribution is 2.72. The Bertz CT molecular complexity index is 436. The van der Waals surface area contributed by atoms with Crippen molar-refractivity contribution in [1.82, 2.24) is 0 Å².